The lowest BCUT2D eigenvalue weighted by atomic mass is 9.97. The van der Waals surface area contributed by atoms with E-state index in [0.717, 1.165) is 39.3 Å². The van der Waals surface area contributed by atoms with Gasteiger partial charge in [-0.3, -0.25) is 4.90 Å². The van der Waals surface area contributed by atoms with Gasteiger partial charge in [0.2, 0.25) is 0 Å². The van der Waals surface area contributed by atoms with Crippen LogP contribution < -0.4 is 5.32 Å². The molecule has 0 amide bonds. The van der Waals surface area contributed by atoms with Crippen LogP contribution in [0, 0.1) is 5.92 Å². The fourth-order valence-electron chi connectivity index (χ4n) is 3.55. The van der Waals surface area contributed by atoms with E-state index in [4.69, 9.17) is 4.74 Å². The minimum absolute atomic E-state index is 0.520. The summed E-state index contributed by atoms with van der Waals surface area (Å²) in [5, 5.41) is 3.56. The summed E-state index contributed by atoms with van der Waals surface area (Å²) in [6, 6.07) is 9.73. The van der Waals surface area contributed by atoms with E-state index in [9.17, 15) is 0 Å². The van der Waals surface area contributed by atoms with Gasteiger partial charge in [0.05, 0.1) is 6.61 Å². The predicted molar refractivity (Wildman–Crippen MR) is 86.5 cm³/mol. The molecule has 21 heavy (non-hydrogen) atoms. The minimum Gasteiger partial charge on any atom is -0.381 e. The van der Waals surface area contributed by atoms with Crippen molar-refractivity contribution >= 4 is 0 Å². The van der Waals surface area contributed by atoms with Gasteiger partial charge in [-0.2, -0.15) is 0 Å². The van der Waals surface area contributed by atoms with Gasteiger partial charge in [0.15, 0.2) is 0 Å². The summed E-state index contributed by atoms with van der Waals surface area (Å²) in [6.45, 7) is 8.63. The van der Waals surface area contributed by atoms with Gasteiger partial charge >= 0.3 is 0 Å². The molecule has 2 fully saturated rings. The van der Waals surface area contributed by atoms with Crippen LogP contribution in [0.25, 0.3) is 0 Å². The Bertz CT molecular complexity index is 425. The number of aryl methyl sites for hydroxylation is 1. The zero-order valence-corrected chi connectivity index (χ0v) is 13.2. The van der Waals surface area contributed by atoms with Gasteiger partial charge in [-0.25, -0.2) is 0 Å². The topological polar surface area (TPSA) is 24.5 Å². The zero-order valence-electron chi connectivity index (χ0n) is 13.2. The molecule has 3 nitrogen and oxygen atoms in total. The number of benzene rings is 1. The van der Waals surface area contributed by atoms with Crippen LogP contribution in [0.3, 0.4) is 0 Å². The SMILES string of the molecule is CCc1ccc(C2CNCCN2CC2CCCOC2)cc1. The normalized spacial score (nSPS) is 27.7. The van der Waals surface area contributed by atoms with Gasteiger partial charge in [0.25, 0.3) is 0 Å². The van der Waals surface area contributed by atoms with E-state index in [0.29, 0.717) is 12.0 Å². The highest BCUT2D eigenvalue weighted by Crippen LogP contribution is 2.25. The van der Waals surface area contributed by atoms with Crippen molar-refractivity contribution < 1.29 is 4.74 Å². The Hall–Kier alpha value is -0.900. The summed E-state index contributed by atoms with van der Waals surface area (Å²) in [5.41, 5.74) is 2.88. The number of nitrogens with zero attached hydrogens (tertiary/aromatic N) is 1. The third-order valence-electron chi connectivity index (χ3n) is 4.87. The average Bonchev–Trinajstić information content (AvgIpc) is 2.56. The summed E-state index contributed by atoms with van der Waals surface area (Å²) in [7, 11) is 0. The number of rotatable bonds is 4. The van der Waals surface area contributed by atoms with E-state index in [1.54, 1.807) is 0 Å². The van der Waals surface area contributed by atoms with Crippen molar-refractivity contribution in [1.29, 1.82) is 0 Å². The van der Waals surface area contributed by atoms with Crippen molar-refractivity contribution in [3.05, 3.63) is 35.4 Å². The Balaban J connectivity index is 1.67. The first-order valence-corrected chi connectivity index (χ1v) is 8.48. The van der Waals surface area contributed by atoms with Crippen molar-refractivity contribution in [3.63, 3.8) is 0 Å². The molecule has 0 aliphatic carbocycles. The van der Waals surface area contributed by atoms with Gasteiger partial charge in [-0.05, 0) is 36.3 Å². The van der Waals surface area contributed by atoms with E-state index >= 15 is 0 Å². The largest absolute Gasteiger partial charge is 0.381 e. The highest BCUT2D eigenvalue weighted by atomic mass is 16.5. The molecule has 0 spiro atoms. The van der Waals surface area contributed by atoms with Crippen molar-refractivity contribution in [2.75, 3.05) is 39.4 Å². The average molecular weight is 288 g/mol. The molecule has 3 heteroatoms. The fraction of sp³-hybridized carbons (Fsp3) is 0.667. The monoisotopic (exact) mass is 288 g/mol. The fourth-order valence-corrected chi connectivity index (χ4v) is 3.55. The molecule has 2 heterocycles. The molecule has 0 radical (unpaired) electrons. The summed E-state index contributed by atoms with van der Waals surface area (Å²) < 4.78 is 5.65. The predicted octanol–water partition coefficient (Wildman–Crippen LogP) is 2.62. The Morgan fingerprint density at radius 1 is 1.29 bits per heavy atom. The highest BCUT2D eigenvalue weighted by molar-refractivity contribution is 5.25. The molecule has 0 saturated carbocycles. The van der Waals surface area contributed by atoms with Crippen LogP contribution in [0.15, 0.2) is 24.3 Å². The Kier molecular flexibility index (Phi) is 5.28. The van der Waals surface area contributed by atoms with Crippen LogP contribution in [0.4, 0.5) is 0 Å². The summed E-state index contributed by atoms with van der Waals surface area (Å²) in [5.74, 6) is 0.717. The van der Waals surface area contributed by atoms with Crippen LogP contribution in [0.2, 0.25) is 0 Å². The maximum absolute atomic E-state index is 5.65. The van der Waals surface area contributed by atoms with E-state index in [-0.39, 0.29) is 0 Å². The smallest absolute Gasteiger partial charge is 0.0506 e. The summed E-state index contributed by atoms with van der Waals surface area (Å²) in [4.78, 5) is 2.66. The number of nitrogens with one attached hydrogen (secondary N) is 1. The molecule has 0 aromatic heterocycles. The minimum atomic E-state index is 0.520. The van der Waals surface area contributed by atoms with E-state index in [1.807, 2.05) is 0 Å². The van der Waals surface area contributed by atoms with E-state index in [2.05, 4.69) is 41.4 Å². The molecule has 116 valence electrons. The molecule has 2 aliphatic heterocycles. The maximum atomic E-state index is 5.65. The van der Waals surface area contributed by atoms with E-state index < -0.39 is 0 Å². The molecule has 1 aromatic carbocycles. The Morgan fingerprint density at radius 2 is 2.14 bits per heavy atom. The summed E-state index contributed by atoms with van der Waals surface area (Å²) in [6.07, 6.45) is 3.67. The molecular weight excluding hydrogens is 260 g/mol. The first kappa shape index (κ1) is 15.0. The molecule has 3 rings (SSSR count). The second kappa shape index (κ2) is 7.39. The van der Waals surface area contributed by atoms with Gasteiger partial charge in [0, 0.05) is 38.8 Å². The number of piperazine rings is 1. The second-order valence-corrected chi connectivity index (χ2v) is 6.39. The van der Waals surface area contributed by atoms with Crippen molar-refractivity contribution in [3.8, 4) is 0 Å². The number of ether oxygens (including phenoxy) is 1. The maximum Gasteiger partial charge on any atom is 0.0506 e. The third kappa shape index (κ3) is 3.85. The molecule has 2 saturated heterocycles. The van der Waals surface area contributed by atoms with Crippen LogP contribution in [-0.2, 0) is 11.2 Å². The van der Waals surface area contributed by atoms with Crippen molar-refractivity contribution in [1.82, 2.24) is 10.2 Å². The molecule has 2 unspecified atom stereocenters. The van der Waals surface area contributed by atoms with Crippen LogP contribution in [-0.4, -0.2) is 44.3 Å². The van der Waals surface area contributed by atoms with Gasteiger partial charge < -0.3 is 10.1 Å². The van der Waals surface area contributed by atoms with Crippen molar-refractivity contribution in [2.45, 2.75) is 32.2 Å². The highest BCUT2D eigenvalue weighted by Gasteiger charge is 2.26. The van der Waals surface area contributed by atoms with Gasteiger partial charge in [-0.15, -0.1) is 0 Å². The standard InChI is InChI=1S/C18H28N2O/c1-2-15-5-7-17(8-6-15)18-12-19-9-10-20(18)13-16-4-3-11-21-14-16/h5-8,16,18-19H,2-4,9-14H2,1H3. The Morgan fingerprint density at radius 3 is 2.86 bits per heavy atom. The molecule has 0 bridgehead atoms. The third-order valence-corrected chi connectivity index (χ3v) is 4.87. The molecule has 2 atom stereocenters. The lowest BCUT2D eigenvalue weighted by Gasteiger charge is -2.39. The quantitative estimate of drug-likeness (QED) is 0.922. The van der Waals surface area contributed by atoms with Crippen LogP contribution in [0.5, 0.6) is 0 Å². The molecule has 1 N–H and O–H groups in total. The van der Waals surface area contributed by atoms with Gasteiger partial charge in [0.1, 0.15) is 0 Å². The molecule has 1 aromatic rings. The van der Waals surface area contributed by atoms with Crippen LogP contribution >= 0.6 is 0 Å². The Labute approximate surface area is 128 Å². The van der Waals surface area contributed by atoms with Gasteiger partial charge in [-0.1, -0.05) is 31.2 Å². The molecule has 2 aliphatic rings. The lowest BCUT2D eigenvalue weighted by Crippen LogP contribution is -2.48. The first-order chi connectivity index (χ1) is 10.4. The lowest BCUT2D eigenvalue weighted by molar-refractivity contribution is 0.0265. The number of hydrogen-bond donors (Lipinski definition) is 1. The van der Waals surface area contributed by atoms with Crippen molar-refractivity contribution in [2.24, 2.45) is 5.92 Å². The zero-order chi connectivity index (χ0) is 14.5. The van der Waals surface area contributed by atoms with E-state index in [1.165, 1.54) is 30.5 Å². The van der Waals surface area contributed by atoms with Crippen LogP contribution in [0.1, 0.15) is 36.9 Å². The number of hydrogen-bond acceptors (Lipinski definition) is 3. The summed E-state index contributed by atoms with van der Waals surface area (Å²) >= 11 is 0. The molecular formula is C18H28N2O. The first-order valence-electron chi connectivity index (χ1n) is 8.48. The second-order valence-electron chi connectivity index (χ2n) is 6.39.